The first-order valence-corrected chi connectivity index (χ1v) is 8.18. The summed E-state index contributed by atoms with van der Waals surface area (Å²) in [6, 6.07) is 5.36. The Labute approximate surface area is 147 Å². The van der Waals surface area contributed by atoms with Crippen LogP contribution >= 0.6 is 0 Å². The van der Waals surface area contributed by atoms with Gasteiger partial charge < -0.3 is 15.4 Å². The van der Waals surface area contributed by atoms with Crippen molar-refractivity contribution in [1.29, 1.82) is 0 Å². The zero-order valence-corrected chi connectivity index (χ0v) is 14.1. The molecule has 26 heavy (non-hydrogen) atoms. The van der Waals surface area contributed by atoms with Crippen molar-refractivity contribution in [3.63, 3.8) is 0 Å². The van der Waals surface area contributed by atoms with Crippen molar-refractivity contribution in [2.24, 2.45) is 0 Å². The fourth-order valence-electron chi connectivity index (χ4n) is 3.20. The van der Waals surface area contributed by atoms with Gasteiger partial charge >= 0.3 is 0 Å². The molecule has 0 bridgehead atoms. The summed E-state index contributed by atoms with van der Waals surface area (Å²) < 4.78 is 33.5. The van der Waals surface area contributed by atoms with Crippen LogP contribution in [0.2, 0.25) is 0 Å². The van der Waals surface area contributed by atoms with Crippen LogP contribution in [0.1, 0.15) is 23.3 Å². The summed E-state index contributed by atoms with van der Waals surface area (Å²) >= 11 is 0. The molecule has 0 unspecified atom stereocenters. The summed E-state index contributed by atoms with van der Waals surface area (Å²) in [7, 11) is 1.53. The number of nitrogens with two attached hydrogens (primary N) is 1. The number of piperidine rings is 1. The van der Waals surface area contributed by atoms with Crippen LogP contribution in [0.15, 0.2) is 24.4 Å². The predicted molar refractivity (Wildman–Crippen MR) is 91.5 cm³/mol. The molecular formula is C17H17F2N5O2. The Morgan fingerprint density at radius 2 is 2.00 bits per heavy atom. The highest BCUT2D eigenvalue weighted by Crippen LogP contribution is 2.30. The Balaban J connectivity index is 1.77. The highest BCUT2D eigenvalue weighted by molar-refractivity contribution is 5.99. The maximum absolute atomic E-state index is 13.3. The van der Waals surface area contributed by atoms with Crippen molar-refractivity contribution >= 4 is 28.4 Å². The number of hydrogen-bond donors (Lipinski definition) is 1. The molecule has 0 atom stereocenters. The largest absolute Gasteiger partial charge is 0.494 e. The van der Waals surface area contributed by atoms with Crippen LogP contribution in [0.5, 0.6) is 5.75 Å². The Kier molecular flexibility index (Phi) is 3.67. The van der Waals surface area contributed by atoms with E-state index in [1.165, 1.54) is 22.6 Å². The van der Waals surface area contributed by atoms with E-state index in [-0.39, 0.29) is 43.5 Å². The predicted octanol–water partition coefficient (Wildman–Crippen LogP) is 2.34. The summed E-state index contributed by atoms with van der Waals surface area (Å²) in [6.07, 6.45) is 0.817. The van der Waals surface area contributed by atoms with Gasteiger partial charge in [0, 0.05) is 37.5 Å². The average molecular weight is 361 g/mol. The van der Waals surface area contributed by atoms with Crippen LogP contribution in [0.25, 0.3) is 16.6 Å². The van der Waals surface area contributed by atoms with Crippen molar-refractivity contribution < 1.29 is 18.3 Å². The van der Waals surface area contributed by atoms with E-state index in [0.717, 1.165) is 0 Å². The Morgan fingerprint density at radius 1 is 1.27 bits per heavy atom. The zero-order chi connectivity index (χ0) is 18.5. The lowest BCUT2D eigenvalue weighted by atomic mass is 10.1. The number of ether oxygens (including phenoxy) is 1. The van der Waals surface area contributed by atoms with Gasteiger partial charge in [0.15, 0.2) is 0 Å². The minimum absolute atomic E-state index is 0.00199. The Morgan fingerprint density at radius 3 is 2.69 bits per heavy atom. The number of aromatic nitrogens is 3. The van der Waals surface area contributed by atoms with E-state index in [1.807, 2.05) is 6.07 Å². The number of imidazole rings is 1. The number of benzene rings is 1. The number of carbonyl (C=O) groups is 1. The van der Waals surface area contributed by atoms with Gasteiger partial charge in [-0.1, -0.05) is 6.07 Å². The van der Waals surface area contributed by atoms with Crippen molar-refractivity contribution in [2.45, 2.75) is 18.8 Å². The van der Waals surface area contributed by atoms with E-state index in [4.69, 9.17) is 10.5 Å². The molecule has 2 N–H and O–H groups in total. The summed E-state index contributed by atoms with van der Waals surface area (Å²) in [5.41, 5.74) is 7.17. The second-order valence-electron chi connectivity index (χ2n) is 6.29. The zero-order valence-electron chi connectivity index (χ0n) is 14.1. The van der Waals surface area contributed by atoms with Gasteiger partial charge in [-0.2, -0.15) is 0 Å². The van der Waals surface area contributed by atoms with Crippen molar-refractivity contribution in [2.75, 3.05) is 25.9 Å². The molecule has 0 saturated carbocycles. The lowest BCUT2D eigenvalue weighted by molar-refractivity contribution is -0.0495. The molecule has 0 radical (unpaired) electrons. The van der Waals surface area contributed by atoms with Crippen LogP contribution in [0.4, 0.5) is 14.7 Å². The van der Waals surface area contributed by atoms with Gasteiger partial charge in [0.05, 0.1) is 7.11 Å². The van der Waals surface area contributed by atoms with Gasteiger partial charge in [-0.25, -0.2) is 18.7 Å². The van der Waals surface area contributed by atoms with Crippen LogP contribution in [-0.4, -0.2) is 51.3 Å². The third kappa shape index (κ3) is 2.59. The molecule has 1 aliphatic rings. The lowest BCUT2D eigenvalue weighted by Gasteiger charge is -2.31. The minimum atomic E-state index is -2.71. The number of hydrogen-bond acceptors (Lipinski definition) is 5. The number of anilines is 1. The van der Waals surface area contributed by atoms with Crippen LogP contribution in [0, 0.1) is 0 Å². The number of nitrogen functional groups attached to an aromatic ring is 1. The fourth-order valence-corrected chi connectivity index (χ4v) is 3.20. The molecule has 136 valence electrons. The number of amides is 1. The highest BCUT2D eigenvalue weighted by atomic mass is 19.3. The van der Waals surface area contributed by atoms with Crippen molar-refractivity contribution in [3.05, 3.63) is 30.1 Å². The van der Waals surface area contributed by atoms with Gasteiger partial charge in [-0.05, 0) is 12.1 Å². The van der Waals surface area contributed by atoms with Gasteiger partial charge in [0.25, 0.3) is 11.8 Å². The summed E-state index contributed by atoms with van der Waals surface area (Å²) in [6.45, 7) is 0.00398. The Hall–Kier alpha value is -2.97. The smallest absolute Gasteiger partial charge is 0.274 e. The molecule has 4 rings (SSSR count). The SMILES string of the molecule is COc1cccc2c1nc(N)n1cc(C(=O)N3CCC(F)(F)CC3)nc21. The molecule has 1 aromatic carbocycles. The van der Waals surface area contributed by atoms with Gasteiger partial charge in [0.2, 0.25) is 5.95 Å². The number of para-hydroxylation sites is 1. The number of nitrogens with zero attached hydrogens (tertiary/aromatic N) is 4. The normalized spacial score (nSPS) is 17.0. The molecule has 3 aromatic rings. The molecule has 1 aliphatic heterocycles. The van der Waals surface area contributed by atoms with Gasteiger partial charge in [0.1, 0.15) is 22.6 Å². The standard InChI is InChI=1S/C17H17F2N5O2/c1-26-12-4-2-3-10-13(12)22-16(20)24-9-11(21-14(10)24)15(25)23-7-5-17(18,19)6-8-23/h2-4,9H,5-8H2,1H3,(H2,20,22). The summed E-state index contributed by atoms with van der Waals surface area (Å²) in [4.78, 5) is 22.8. The average Bonchev–Trinajstić information content (AvgIpc) is 3.07. The van der Waals surface area contributed by atoms with Crippen LogP contribution < -0.4 is 10.5 Å². The molecule has 1 amide bonds. The van der Waals surface area contributed by atoms with E-state index in [2.05, 4.69) is 9.97 Å². The summed E-state index contributed by atoms with van der Waals surface area (Å²) in [5, 5.41) is 0.683. The molecule has 0 aliphatic carbocycles. The monoisotopic (exact) mass is 361 g/mol. The second kappa shape index (κ2) is 5.79. The maximum Gasteiger partial charge on any atom is 0.274 e. The molecular weight excluding hydrogens is 344 g/mol. The number of halogens is 2. The molecule has 1 saturated heterocycles. The lowest BCUT2D eigenvalue weighted by Crippen LogP contribution is -2.42. The first-order valence-electron chi connectivity index (χ1n) is 8.18. The molecule has 1 fully saturated rings. The number of methoxy groups -OCH3 is 1. The molecule has 0 spiro atoms. The van der Waals surface area contributed by atoms with E-state index >= 15 is 0 Å². The van der Waals surface area contributed by atoms with Crippen molar-refractivity contribution in [1.82, 2.24) is 19.3 Å². The molecule has 7 nitrogen and oxygen atoms in total. The van der Waals surface area contributed by atoms with Crippen LogP contribution in [-0.2, 0) is 0 Å². The number of rotatable bonds is 2. The highest BCUT2D eigenvalue weighted by Gasteiger charge is 2.36. The molecule has 3 heterocycles. The van der Waals surface area contributed by atoms with E-state index in [1.54, 1.807) is 12.1 Å². The van der Waals surface area contributed by atoms with Crippen LogP contribution in [0.3, 0.4) is 0 Å². The van der Waals surface area contributed by atoms with Gasteiger partial charge in [-0.3, -0.25) is 9.20 Å². The number of alkyl halides is 2. The summed E-state index contributed by atoms with van der Waals surface area (Å²) in [5.74, 6) is -2.39. The minimum Gasteiger partial charge on any atom is -0.494 e. The Bertz CT molecular complexity index is 1010. The number of likely N-dealkylation sites (tertiary alicyclic amines) is 1. The number of carbonyl (C=O) groups excluding carboxylic acids is 1. The van der Waals surface area contributed by atoms with E-state index < -0.39 is 5.92 Å². The second-order valence-corrected chi connectivity index (χ2v) is 6.29. The molecule has 2 aromatic heterocycles. The third-order valence-corrected chi connectivity index (χ3v) is 4.64. The van der Waals surface area contributed by atoms with Crippen molar-refractivity contribution in [3.8, 4) is 5.75 Å². The maximum atomic E-state index is 13.3. The van der Waals surface area contributed by atoms with Gasteiger partial charge in [-0.15, -0.1) is 0 Å². The molecule has 9 heteroatoms. The quantitative estimate of drug-likeness (QED) is 0.757. The van der Waals surface area contributed by atoms with E-state index in [9.17, 15) is 13.6 Å². The first kappa shape index (κ1) is 16.5. The number of fused-ring (bicyclic) bond motifs is 3. The van der Waals surface area contributed by atoms with E-state index in [0.29, 0.717) is 22.3 Å². The first-order chi connectivity index (χ1) is 12.4. The topological polar surface area (TPSA) is 85.8 Å². The third-order valence-electron chi connectivity index (χ3n) is 4.64. The fraction of sp³-hybridized carbons (Fsp3) is 0.353.